The number of hydrogen-bond acceptors (Lipinski definition) is 3. The van der Waals surface area contributed by atoms with Crippen LogP contribution in [0, 0.1) is 0 Å². The maximum absolute atomic E-state index is 13.3. The van der Waals surface area contributed by atoms with E-state index in [0.717, 1.165) is 15.6 Å². The van der Waals surface area contributed by atoms with Gasteiger partial charge in [-0.3, -0.25) is 4.79 Å². The highest BCUT2D eigenvalue weighted by Crippen LogP contribution is 2.20. The van der Waals surface area contributed by atoms with Crippen molar-refractivity contribution < 1.29 is 13.2 Å². The van der Waals surface area contributed by atoms with Gasteiger partial charge in [-0.25, -0.2) is 8.42 Å². The van der Waals surface area contributed by atoms with Crippen molar-refractivity contribution in [2.24, 2.45) is 0 Å². The van der Waals surface area contributed by atoms with Crippen LogP contribution in [-0.2, 0) is 21.2 Å². The molecule has 0 heterocycles. The van der Waals surface area contributed by atoms with Crippen LogP contribution >= 0.6 is 15.9 Å². The maximum atomic E-state index is 13.3. The Hall–Kier alpha value is -2.48. The van der Waals surface area contributed by atoms with Crippen LogP contribution in [0.5, 0.6) is 0 Å². The summed E-state index contributed by atoms with van der Waals surface area (Å²) in [5.74, 6) is -0.342. The van der Waals surface area contributed by atoms with Crippen LogP contribution < -0.4 is 5.32 Å². The van der Waals surface area contributed by atoms with Crippen LogP contribution in [0.1, 0.15) is 24.1 Å². The minimum Gasteiger partial charge on any atom is -0.348 e. The first-order valence-electron chi connectivity index (χ1n) is 10.0. The molecule has 31 heavy (non-hydrogen) atoms. The molecule has 5 nitrogen and oxygen atoms in total. The van der Waals surface area contributed by atoms with Gasteiger partial charge in [-0.2, -0.15) is 4.31 Å². The topological polar surface area (TPSA) is 66.5 Å². The average molecular weight is 501 g/mol. The van der Waals surface area contributed by atoms with Crippen molar-refractivity contribution in [3.63, 3.8) is 0 Å². The highest BCUT2D eigenvalue weighted by Gasteiger charge is 2.27. The van der Waals surface area contributed by atoms with E-state index >= 15 is 0 Å². The Morgan fingerprint density at radius 3 is 2.13 bits per heavy atom. The number of benzene rings is 3. The second-order valence-corrected chi connectivity index (χ2v) is 10.1. The van der Waals surface area contributed by atoms with E-state index in [-0.39, 0.29) is 29.9 Å². The highest BCUT2D eigenvalue weighted by atomic mass is 79.9. The smallest absolute Gasteiger partial charge is 0.243 e. The molecular weight excluding hydrogens is 476 g/mol. The van der Waals surface area contributed by atoms with Crippen molar-refractivity contribution in [1.82, 2.24) is 9.62 Å². The van der Waals surface area contributed by atoms with Crippen molar-refractivity contribution >= 4 is 31.9 Å². The van der Waals surface area contributed by atoms with Crippen LogP contribution in [0.25, 0.3) is 0 Å². The fourth-order valence-electron chi connectivity index (χ4n) is 3.21. The highest BCUT2D eigenvalue weighted by molar-refractivity contribution is 9.10. The van der Waals surface area contributed by atoms with Gasteiger partial charge in [-0.1, -0.05) is 76.6 Å². The lowest BCUT2D eigenvalue weighted by atomic mass is 10.1. The van der Waals surface area contributed by atoms with E-state index in [9.17, 15) is 13.2 Å². The molecule has 1 atom stereocenters. The number of amides is 1. The molecule has 1 N–H and O–H groups in total. The first-order chi connectivity index (χ1) is 14.9. The molecule has 162 valence electrons. The fraction of sp³-hybridized carbons (Fsp3) is 0.208. The lowest BCUT2D eigenvalue weighted by molar-refractivity contribution is -0.121. The summed E-state index contributed by atoms with van der Waals surface area (Å²) < 4.78 is 28.6. The largest absolute Gasteiger partial charge is 0.348 e. The van der Waals surface area contributed by atoms with E-state index < -0.39 is 10.0 Å². The Morgan fingerprint density at radius 2 is 1.52 bits per heavy atom. The number of rotatable bonds is 9. The number of hydrogen-bond donors (Lipinski definition) is 1. The molecule has 0 spiro atoms. The summed E-state index contributed by atoms with van der Waals surface area (Å²) in [6.07, 6.45) is 0.512. The Bertz CT molecular complexity index is 1090. The van der Waals surface area contributed by atoms with Crippen LogP contribution in [-0.4, -0.2) is 31.7 Å². The minimum absolute atomic E-state index is 0.160. The summed E-state index contributed by atoms with van der Waals surface area (Å²) in [5.41, 5.74) is 1.97. The number of carbonyl (C=O) groups is 1. The first-order valence-corrected chi connectivity index (χ1v) is 12.2. The monoisotopic (exact) mass is 500 g/mol. The van der Waals surface area contributed by atoms with Crippen molar-refractivity contribution in [3.05, 3.63) is 101 Å². The van der Waals surface area contributed by atoms with Gasteiger partial charge >= 0.3 is 0 Å². The summed E-state index contributed by atoms with van der Waals surface area (Å²) in [6.45, 7) is 1.84. The molecule has 0 saturated carbocycles. The molecule has 7 heteroatoms. The summed E-state index contributed by atoms with van der Waals surface area (Å²) in [5, 5.41) is 2.90. The normalized spacial score (nSPS) is 12.5. The second-order valence-electron chi connectivity index (χ2n) is 7.23. The van der Waals surface area contributed by atoms with E-state index in [1.54, 1.807) is 24.3 Å². The lowest BCUT2D eigenvalue weighted by Crippen LogP contribution is -2.42. The molecule has 3 aromatic rings. The average Bonchev–Trinajstić information content (AvgIpc) is 2.78. The zero-order chi connectivity index (χ0) is 22.3. The molecule has 0 bridgehead atoms. The predicted octanol–water partition coefficient (Wildman–Crippen LogP) is 4.56. The van der Waals surface area contributed by atoms with E-state index in [1.165, 1.54) is 4.31 Å². The quantitative estimate of drug-likeness (QED) is 0.468. The fourth-order valence-corrected chi connectivity index (χ4v) is 4.87. The van der Waals surface area contributed by atoms with Gasteiger partial charge in [0.25, 0.3) is 0 Å². The molecule has 3 rings (SSSR count). The van der Waals surface area contributed by atoms with Crippen molar-refractivity contribution in [2.75, 3.05) is 13.1 Å². The van der Waals surface area contributed by atoms with Crippen LogP contribution in [0.2, 0.25) is 0 Å². The van der Waals surface area contributed by atoms with Crippen LogP contribution in [0.15, 0.2) is 94.3 Å². The van der Waals surface area contributed by atoms with Crippen molar-refractivity contribution in [3.8, 4) is 0 Å². The third-order valence-corrected chi connectivity index (χ3v) is 7.33. The molecular formula is C24H25BrN2O3S. The van der Waals surface area contributed by atoms with E-state index in [1.807, 2.05) is 67.6 Å². The molecule has 0 aliphatic carbocycles. The van der Waals surface area contributed by atoms with Gasteiger partial charge in [0.05, 0.1) is 17.5 Å². The summed E-state index contributed by atoms with van der Waals surface area (Å²) >= 11 is 3.33. The second kappa shape index (κ2) is 10.7. The molecule has 0 aliphatic heterocycles. The minimum atomic E-state index is -3.83. The number of nitrogens with one attached hydrogen (secondary N) is 1. The van der Waals surface area contributed by atoms with E-state index in [2.05, 4.69) is 21.2 Å². The van der Waals surface area contributed by atoms with Gasteiger partial charge in [0, 0.05) is 11.0 Å². The van der Waals surface area contributed by atoms with Gasteiger partial charge in [0.15, 0.2) is 0 Å². The van der Waals surface area contributed by atoms with Gasteiger partial charge in [0.1, 0.15) is 0 Å². The third kappa shape index (κ3) is 6.50. The standard InChI is InChI=1S/C24H25BrN2O3S/c1-19(21-10-6-3-7-11-21)26-24(28)18-27(17-16-20-8-4-2-5-9-20)31(29,30)23-14-12-22(25)13-15-23/h2-15,19H,16-18H2,1H3,(H,26,28)/t19-/m0/s1. The number of halogens is 1. The molecule has 0 aromatic heterocycles. The molecule has 0 radical (unpaired) electrons. The molecule has 0 fully saturated rings. The molecule has 0 saturated heterocycles. The number of nitrogens with zero attached hydrogens (tertiary/aromatic N) is 1. The Balaban J connectivity index is 1.77. The maximum Gasteiger partial charge on any atom is 0.243 e. The number of carbonyl (C=O) groups excluding carboxylic acids is 1. The number of sulfonamides is 1. The van der Waals surface area contributed by atoms with Crippen LogP contribution in [0.4, 0.5) is 0 Å². The lowest BCUT2D eigenvalue weighted by Gasteiger charge is -2.23. The molecule has 3 aromatic carbocycles. The van der Waals surface area contributed by atoms with Gasteiger partial charge < -0.3 is 5.32 Å². The van der Waals surface area contributed by atoms with Crippen molar-refractivity contribution in [2.45, 2.75) is 24.3 Å². The van der Waals surface area contributed by atoms with E-state index in [0.29, 0.717) is 6.42 Å². The van der Waals surface area contributed by atoms with E-state index in [4.69, 9.17) is 0 Å². The summed E-state index contributed by atoms with van der Waals surface area (Å²) in [4.78, 5) is 12.9. The summed E-state index contributed by atoms with van der Waals surface area (Å²) in [6, 6.07) is 25.4. The Labute approximate surface area is 192 Å². The Morgan fingerprint density at radius 1 is 0.935 bits per heavy atom. The summed E-state index contributed by atoms with van der Waals surface area (Å²) in [7, 11) is -3.83. The molecule has 1 amide bonds. The van der Waals surface area contributed by atoms with Crippen LogP contribution in [0.3, 0.4) is 0 Å². The molecule has 0 aliphatic rings. The van der Waals surface area contributed by atoms with Crippen molar-refractivity contribution in [1.29, 1.82) is 0 Å². The molecule has 0 unspecified atom stereocenters. The first kappa shape index (κ1) is 23.2. The zero-order valence-corrected chi connectivity index (χ0v) is 19.6. The third-order valence-electron chi connectivity index (χ3n) is 4.94. The predicted molar refractivity (Wildman–Crippen MR) is 126 cm³/mol. The van der Waals surface area contributed by atoms with Gasteiger partial charge in [-0.15, -0.1) is 0 Å². The van der Waals surface area contributed by atoms with Gasteiger partial charge in [0.2, 0.25) is 15.9 Å². The van der Waals surface area contributed by atoms with Gasteiger partial charge in [-0.05, 0) is 48.7 Å². The zero-order valence-electron chi connectivity index (χ0n) is 17.2. The SMILES string of the molecule is C[C@H](NC(=O)CN(CCc1ccccc1)S(=O)(=O)c1ccc(Br)cc1)c1ccccc1. The Kier molecular flexibility index (Phi) is 8.01.